The Kier molecular flexibility index (Phi) is 7.22. The molecule has 0 bridgehead atoms. The number of aromatic nitrogens is 1. The fourth-order valence-corrected chi connectivity index (χ4v) is 2.44. The zero-order valence-electron chi connectivity index (χ0n) is 15.0. The minimum atomic E-state index is -0.00740. The molecule has 1 aromatic heterocycles. The van der Waals surface area contributed by atoms with Gasteiger partial charge in [0.05, 0.1) is 20.8 Å². The Balaban J connectivity index is 1.76. The van der Waals surface area contributed by atoms with E-state index in [2.05, 4.69) is 10.3 Å². The topological polar surface area (TPSA) is 63.7 Å². The van der Waals surface area contributed by atoms with Crippen LogP contribution in [0.25, 0.3) is 0 Å². The minimum absolute atomic E-state index is 0.00740. The van der Waals surface area contributed by atoms with E-state index in [1.807, 2.05) is 42.3 Å². The molecule has 0 unspecified atom stereocenters. The third-order valence-electron chi connectivity index (χ3n) is 3.88. The van der Waals surface area contributed by atoms with Gasteiger partial charge in [0.2, 0.25) is 5.91 Å². The Morgan fingerprint density at radius 1 is 1.08 bits per heavy atom. The Bertz CT molecular complexity index is 677. The number of pyridine rings is 1. The smallest absolute Gasteiger partial charge is 0.234 e. The third kappa shape index (κ3) is 6.08. The first-order valence-corrected chi connectivity index (χ1v) is 8.17. The molecule has 0 aliphatic rings. The van der Waals surface area contributed by atoms with E-state index in [1.54, 1.807) is 26.6 Å². The number of amides is 1. The average Bonchev–Trinajstić information content (AvgIpc) is 2.65. The molecule has 0 spiro atoms. The summed E-state index contributed by atoms with van der Waals surface area (Å²) in [7, 11) is 5.14. The quantitative estimate of drug-likeness (QED) is 0.753. The van der Waals surface area contributed by atoms with Crippen LogP contribution >= 0.6 is 0 Å². The van der Waals surface area contributed by atoms with Gasteiger partial charge in [-0.25, -0.2) is 0 Å². The number of carbonyl (C=O) groups excluding carboxylic acids is 1. The van der Waals surface area contributed by atoms with Crippen LogP contribution in [-0.2, 0) is 17.8 Å². The Morgan fingerprint density at radius 2 is 1.80 bits per heavy atom. The fourth-order valence-electron chi connectivity index (χ4n) is 2.44. The van der Waals surface area contributed by atoms with E-state index in [4.69, 9.17) is 9.47 Å². The number of rotatable bonds is 9. The van der Waals surface area contributed by atoms with Crippen LogP contribution in [0, 0.1) is 0 Å². The van der Waals surface area contributed by atoms with Crippen molar-refractivity contribution in [3.63, 3.8) is 0 Å². The molecule has 0 aliphatic carbocycles. The highest BCUT2D eigenvalue weighted by Gasteiger charge is 2.08. The molecule has 0 saturated heterocycles. The van der Waals surface area contributed by atoms with Crippen molar-refractivity contribution in [2.75, 3.05) is 34.4 Å². The molecule has 1 amide bonds. The van der Waals surface area contributed by atoms with Crippen molar-refractivity contribution in [1.82, 2.24) is 15.2 Å². The van der Waals surface area contributed by atoms with E-state index < -0.39 is 0 Å². The lowest BCUT2D eigenvalue weighted by Gasteiger charge is -2.16. The largest absolute Gasteiger partial charge is 0.493 e. The average molecular weight is 343 g/mol. The molecule has 1 N–H and O–H groups in total. The maximum absolute atomic E-state index is 12.1. The SMILES string of the molecule is COc1ccc(CNC(=O)CN(C)CCc2ccncc2)cc1OC. The van der Waals surface area contributed by atoms with Crippen LogP contribution in [0.15, 0.2) is 42.7 Å². The lowest BCUT2D eigenvalue weighted by atomic mass is 10.2. The predicted molar refractivity (Wildman–Crippen MR) is 96.8 cm³/mol. The van der Waals surface area contributed by atoms with Gasteiger partial charge in [0.15, 0.2) is 11.5 Å². The molecule has 2 rings (SSSR count). The number of benzene rings is 1. The van der Waals surface area contributed by atoms with Crippen molar-refractivity contribution in [3.05, 3.63) is 53.9 Å². The second-order valence-electron chi connectivity index (χ2n) is 5.81. The summed E-state index contributed by atoms with van der Waals surface area (Å²) in [5, 5.41) is 2.93. The second kappa shape index (κ2) is 9.64. The number of likely N-dealkylation sites (N-methyl/N-ethyl adjacent to an activating group) is 1. The van der Waals surface area contributed by atoms with Crippen LogP contribution in [0.5, 0.6) is 11.5 Å². The van der Waals surface area contributed by atoms with Crippen LogP contribution in [-0.4, -0.2) is 50.1 Å². The van der Waals surface area contributed by atoms with E-state index in [0.717, 1.165) is 18.5 Å². The molecule has 0 fully saturated rings. The van der Waals surface area contributed by atoms with Crippen LogP contribution in [0.3, 0.4) is 0 Å². The minimum Gasteiger partial charge on any atom is -0.493 e. The zero-order chi connectivity index (χ0) is 18.1. The van der Waals surface area contributed by atoms with E-state index in [1.165, 1.54) is 5.56 Å². The number of ether oxygens (including phenoxy) is 2. The molecule has 0 atom stereocenters. The Hall–Kier alpha value is -2.60. The molecular weight excluding hydrogens is 318 g/mol. The van der Waals surface area contributed by atoms with Crippen LogP contribution in [0.2, 0.25) is 0 Å². The first-order chi connectivity index (χ1) is 12.1. The lowest BCUT2D eigenvalue weighted by Crippen LogP contribution is -2.35. The van der Waals surface area contributed by atoms with Gasteiger partial charge in [-0.05, 0) is 48.9 Å². The van der Waals surface area contributed by atoms with E-state index in [0.29, 0.717) is 24.6 Å². The Morgan fingerprint density at radius 3 is 2.48 bits per heavy atom. The standard InChI is InChI=1S/C19H25N3O3/c1-22(11-8-15-6-9-20-10-7-15)14-19(23)21-13-16-4-5-17(24-2)18(12-16)25-3/h4-7,9-10,12H,8,11,13-14H2,1-3H3,(H,21,23). The van der Waals surface area contributed by atoms with Crippen molar-refractivity contribution in [1.29, 1.82) is 0 Å². The molecule has 2 aromatic rings. The van der Waals surface area contributed by atoms with Gasteiger partial charge in [-0.1, -0.05) is 6.07 Å². The van der Waals surface area contributed by atoms with Crippen LogP contribution in [0.4, 0.5) is 0 Å². The highest BCUT2D eigenvalue weighted by Crippen LogP contribution is 2.27. The van der Waals surface area contributed by atoms with E-state index in [9.17, 15) is 4.79 Å². The van der Waals surface area contributed by atoms with Gasteiger partial charge in [-0.2, -0.15) is 0 Å². The van der Waals surface area contributed by atoms with Crippen molar-refractivity contribution in [2.45, 2.75) is 13.0 Å². The van der Waals surface area contributed by atoms with Gasteiger partial charge in [0.1, 0.15) is 0 Å². The maximum atomic E-state index is 12.1. The summed E-state index contributed by atoms with van der Waals surface area (Å²) in [6.07, 6.45) is 4.46. The summed E-state index contributed by atoms with van der Waals surface area (Å²) in [6.45, 7) is 1.63. The van der Waals surface area contributed by atoms with Crippen molar-refractivity contribution < 1.29 is 14.3 Å². The summed E-state index contributed by atoms with van der Waals surface area (Å²) in [6, 6.07) is 9.60. The van der Waals surface area contributed by atoms with Gasteiger partial charge in [-0.15, -0.1) is 0 Å². The number of methoxy groups -OCH3 is 2. The highest BCUT2D eigenvalue weighted by molar-refractivity contribution is 5.78. The molecule has 134 valence electrons. The highest BCUT2D eigenvalue weighted by atomic mass is 16.5. The maximum Gasteiger partial charge on any atom is 0.234 e. The summed E-state index contributed by atoms with van der Waals surface area (Å²) < 4.78 is 10.5. The van der Waals surface area contributed by atoms with Gasteiger partial charge >= 0.3 is 0 Å². The zero-order valence-corrected chi connectivity index (χ0v) is 15.0. The van der Waals surface area contributed by atoms with Gasteiger partial charge < -0.3 is 14.8 Å². The fraction of sp³-hybridized carbons (Fsp3) is 0.368. The van der Waals surface area contributed by atoms with Gasteiger partial charge in [0, 0.05) is 25.5 Å². The third-order valence-corrected chi connectivity index (χ3v) is 3.88. The molecule has 0 radical (unpaired) electrons. The first kappa shape index (κ1) is 18.7. The number of nitrogens with one attached hydrogen (secondary N) is 1. The van der Waals surface area contributed by atoms with Crippen molar-refractivity contribution in [2.24, 2.45) is 0 Å². The van der Waals surface area contributed by atoms with Gasteiger partial charge in [-0.3, -0.25) is 14.7 Å². The molecule has 0 aliphatic heterocycles. The molecule has 25 heavy (non-hydrogen) atoms. The molecule has 6 heteroatoms. The predicted octanol–water partition coefficient (Wildman–Crippen LogP) is 1.89. The summed E-state index contributed by atoms with van der Waals surface area (Å²) >= 11 is 0. The number of carbonyl (C=O) groups is 1. The number of nitrogens with zero attached hydrogens (tertiary/aromatic N) is 2. The first-order valence-electron chi connectivity index (χ1n) is 8.17. The molecule has 1 heterocycles. The molecule has 6 nitrogen and oxygen atoms in total. The lowest BCUT2D eigenvalue weighted by molar-refractivity contribution is -0.122. The van der Waals surface area contributed by atoms with E-state index in [-0.39, 0.29) is 5.91 Å². The normalized spacial score (nSPS) is 10.6. The van der Waals surface area contributed by atoms with E-state index >= 15 is 0 Å². The number of hydrogen-bond acceptors (Lipinski definition) is 5. The molecule has 0 saturated carbocycles. The molecular formula is C19H25N3O3. The summed E-state index contributed by atoms with van der Waals surface area (Å²) in [4.78, 5) is 18.1. The molecule has 1 aromatic carbocycles. The van der Waals surface area contributed by atoms with Crippen LogP contribution in [0.1, 0.15) is 11.1 Å². The van der Waals surface area contributed by atoms with Crippen LogP contribution < -0.4 is 14.8 Å². The monoisotopic (exact) mass is 343 g/mol. The summed E-state index contributed by atoms with van der Waals surface area (Å²) in [5.74, 6) is 1.32. The summed E-state index contributed by atoms with van der Waals surface area (Å²) in [5.41, 5.74) is 2.18. The second-order valence-corrected chi connectivity index (χ2v) is 5.81. The van der Waals surface area contributed by atoms with Crippen molar-refractivity contribution >= 4 is 5.91 Å². The number of hydrogen-bond donors (Lipinski definition) is 1. The van der Waals surface area contributed by atoms with Crippen molar-refractivity contribution in [3.8, 4) is 11.5 Å². The van der Waals surface area contributed by atoms with Gasteiger partial charge in [0.25, 0.3) is 0 Å². The Labute approximate surface area is 148 Å².